The molecule has 0 aromatic carbocycles. The summed E-state index contributed by atoms with van der Waals surface area (Å²) in [6.45, 7) is 3.16. The maximum Gasteiger partial charge on any atom is 0.390 e. The summed E-state index contributed by atoms with van der Waals surface area (Å²) in [5, 5.41) is 0. The second-order valence-electron chi connectivity index (χ2n) is 3.89. The minimum Gasteiger partial charge on any atom is -0.344 e. The van der Waals surface area contributed by atoms with Crippen molar-refractivity contribution in [2.24, 2.45) is 11.7 Å². The van der Waals surface area contributed by atoms with Crippen LogP contribution in [0.1, 0.15) is 20.3 Å². The SMILES string of the molecule is CC(C)C(N)C(=O)N(C)CCC(F)(F)F. The first kappa shape index (κ1) is 14.2. The average molecular weight is 226 g/mol. The van der Waals surface area contributed by atoms with Gasteiger partial charge in [-0.15, -0.1) is 0 Å². The monoisotopic (exact) mass is 226 g/mol. The Bertz CT molecular complexity index is 216. The molecule has 0 saturated heterocycles. The second-order valence-corrected chi connectivity index (χ2v) is 3.89. The van der Waals surface area contributed by atoms with Crippen molar-refractivity contribution in [1.29, 1.82) is 0 Å². The predicted octanol–water partition coefficient (Wildman–Crippen LogP) is 1.38. The van der Waals surface area contributed by atoms with Crippen molar-refractivity contribution in [2.75, 3.05) is 13.6 Å². The van der Waals surface area contributed by atoms with Crippen LogP contribution in [0.3, 0.4) is 0 Å². The van der Waals surface area contributed by atoms with E-state index in [1.807, 2.05) is 0 Å². The van der Waals surface area contributed by atoms with E-state index >= 15 is 0 Å². The molecule has 0 fully saturated rings. The van der Waals surface area contributed by atoms with E-state index in [2.05, 4.69) is 0 Å². The van der Waals surface area contributed by atoms with Crippen LogP contribution in [0.2, 0.25) is 0 Å². The van der Waals surface area contributed by atoms with Gasteiger partial charge in [0.15, 0.2) is 0 Å². The highest BCUT2D eigenvalue weighted by Crippen LogP contribution is 2.19. The molecule has 1 atom stereocenters. The molecular formula is C9H17F3N2O. The van der Waals surface area contributed by atoms with Gasteiger partial charge in [0, 0.05) is 13.6 Å². The molecule has 0 heterocycles. The Hall–Kier alpha value is -0.780. The van der Waals surface area contributed by atoms with Gasteiger partial charge < -0.3 is 10.6 Å². The van der Waals surface area contributed by atoms with E-state index in [1.54, 1.807) is 13.8 Å². The van der Waals surface area contributed by atoms with E-state index in [-0.39, 0.29) is 12.5 Å². The first-order valence-corrected chi connectivity index (χ1v) is 4.72. The molecule has 0 rings (SSSR count). The molecule has 6 heteroatoms. The number of alkyl halides is 3. The van der Waals surface area contributed by atoms with E-state index in [0.29, 0.717) is 0 Å². The van der Waals surface area contributed by atoms with Crippen molar-refractivity contribution in [1.82, 2.24) is 4.90 Å². The van der Waals surface area contributed by atoms with Gasteiger partial charge in [0.05, 0.1) is 12.5 Å². The molecule has 0 aromatic heterocycles. The molecule has 1 unspecified atom stereocenters. The van der Waals surface area contributed by atoms with Gasteiger partial charge in [0.2, 0.25) is 5.91 Å². The third-order valence-corrected chi connectivity index (χ3v) is 2.11. The fourth-order valence-electron chi connectivity index (χ4n) is 0.944. The molecular weight excluding hydrogens is 209 g/mol. The van der Waals surface area contributed by atoms with Crippen LogP contribution in [0.5, 0.6) is 0 Å². The molecule has 0 bridgehead atoms. The highest BCUT2D eigenvalue weighted by Gasteiger charge is 2.29. The quantitative estimate of drug-likeness (QED) is 0.787. The molecule has 3 nitrogen and oxygen atoms in total. The van der Waals surface area contributed by atoms with Crippen LogP contribution < -0.4 is 5.73 Å². The molecule has 90 valence electrons. The van der Waals surface area contributed by atoms with Crippen LogP contribution in [0.25, 0.3) is 0 Å². The number of hydrogen-bond donors (Lipinski definition) is 1. The molecule has 0 aliphatic rings. The van der Waals surface area contributed by atoms with Crippen LogP contribution in [-0.2, 0) is 4.79 Å². The van der Waals surface area contributed by atoms with Crippen LogP contribution in [0, 0.1) is 5.92 Å². The number of amides is 1. The van der Waals surface area contributed by atoms with Gasteiger partial charge in [-0.3, -0.25) is 4.79 Å². The second kappa shape index (κ2) is 5.34. The minimum atomic E-state index is -4.24. The Labute approximate surface area is 87.4 Å². The maximum absolute atomic E-state index is 11.9. The largest absolute Gasteiger partial charge is 0.390 e. The lowest BCUT2D eigenvalue weighted by molar-refractivity contribution is -0.145. The zero-order valence-corrected chi connectivity index (χ0v) is 9.14. The fourth-order valence-corrected chi connectivity index (χ4v) is 0.944. The van der Waals surface area contributed by atoms with E-state index in [4.69, 9.17) is 5.73 Å². The summed E-state index contributed by atoms with van der Waals surface area (Å²) in [5.74, 6) is -0.528. The number of nitrogens with two attached hydrogens (primary N) is 1. The molecule has 0 spiro atoms. The fraction of sp³-hybridized carbons (Fsp3) is 0.889. The summed E-state index contributed by atoms with van der Waals surface area (Å²) in [4.78, 5) is 12.5. The Balaban J connectivity index is 4.11. The molecule has 0 saturated carbocycles. The highest BCUT2D eigenvalue weighted by molar-refractivity contribution is 5.81. The number of carbonyl (C=O) groups excluding carboxylic acids is 1. The van der Waals surface area contributed by atoms with E-state index in [9.17, 15) is 18.0 Å². The summed E-state index contributed by atoms with van der Waals surface area (Å²) < 4.78 is 35.6. The van der Waals surface area contributed by atoms with Crippen molar-refractivity contribution in [2.45, 2.75) is 32.5 Å². The minimum absolute atomic E-state index is 0.0779. The van der Waals surface area contributed by atoms with E-state index < -0.39 is 24.5 Å². The lowest BCUT2D eigenvalue weighted by atomic mass is 10.0. The number of rotatable bonds is 4. The Morgan fingerprint density at radius 3 is 2.20 bits per heavy atom. The first-order valence-electron chi connectivity index (χ1n) is 4.72. The summed E-state index contributed by atoms with van der Waals surface area (Å²) in [7, 11) is 1.33. The molecule has 1 amide bonds. The van der Waals surface area contributed by atoms with Crippen molar-refractivity contribution >= 4 is 5.91 Å². The Kier molecular flexibility index (Phi) is 5.07. The van der Waals surface area contributed by atoms with Gasteiger partial charge >= 0.3 is 6.18 Å². The molecule has 15 heavy (non-hydrogen) atoms. The topological polar surface area (TPSA) is 46.3 Å². The maximum atomic E-state index is 11.9. The van der Waals surface area contributed by atoms with Crippen molar-refractivity contribution in [3.63, 3.8) is 0 Å². The first-order chi connectivity index (χ1) is 6.65. The van der Waals surface area contributed by atoms with E-state index in [1.165, 1.54) is 7.05 Å². The third-order valence-electron chi connectivity index (χ3n) is 2.11. The summed E-state index contributed by atoms with van der Waals surface area (Å²) in [6, 6.07) is -0.733. The number of carbonyl (C=O) groups is 1. The van der Waals surface area contributed by atoms with Crippen molar-refractivity contribution in [3.05, 3.63) is 0 Å². The van der Waals surface area contributed by atoms with Crippen LogP contribution in [0.4, 0.5) is 13.2 Å². The third kappa shape index (κ3) is 5.61. The summed E-state index contributed by atoms with van der Waals surface area (Å²) in [5.41, 5.74) is 5.53. The number of nitrogens with zero attached hydrogens (tertiary/aromatic N) is 1. The molecule has 0 radical (unpaired) electrons. The standard InChI is InChI=1S/C9H17F3N2O/c1-6(2)7(13)8(15)14(3)5-4-9(10,11)12/h6-7H,4-5,13H2,1-3H3. The van der Waals surface area contributed by atoms with Crippen molar-refractivity contribution in [3.8, 4) is 0 Å². The van der Waals surface area contributed by atoms with Crippen LogP contribution >= 0.6 is 0 Å². The summed E-state index contributed by atoms with van der Waals surface area (Å²) >= 11 is 0. The average Bonchev–Trinajstić information content (AvgIpc) is 2.10. The molecule has 0 aliphatic carbocycles. The molecule has 0 aromatic rings. The van der Waals surface area contributed by atoms with Crippen LogP contribution in [0.15, 0.2) is 0 Å². The molecule has 0 aliphatic heterocycles. The van der Waals surface area contributed by atoms with E-state index in [0.717, 1.165) is 4.90 Å². The lowest BCUT2D eigenvalue weighted by Gasteiger charge is -2.23. The normalized spacial score (nSPS) is 14.1. The predicted molar refractivity (Wildman–Crippen MR) is 51.1 cm³/mol. The van der Waals surface area contributed by atoms with Gasteiger partial charge in [-0.2, -0.15) is 13.2 Å². The smallest absolute Gasteiger partial charge is 0.344 e. The lowest BCUT2D eigenvalue weighted by Crippen LogP contribution is -2.45. The van der Waals surface area contributed by atoms with Crippen molar-refractivity contribution < 1.29 is 18.0 Å². The summed E-state index contributed by atoms with van der Waals surface area (Å²) in [6.07, 6.45) is -5.24. The van der Waals surface area contributed by atoms with Gasteiger partial charge in [0.25, 0.3) is 0 Å². The number of halogens is 3. The zero-order valence-electron chi connectivity index (χ0n) is 9.14. The van der Waals surface area contributed by atoms with Gasteiger partial charge in [-0.05, 0) is 5.92 Å². The number of hydrogen-bond acceptors (Lipinski definition) is 2. The highest BCUT2D eigenvalue weighted by atomic mass is 19.4. The Morgan fingerprint density at radius 2 is 1.87 bits per heavy atom. The van der Waals surface area contributed by atoms with Gasteiger partial charge in [-0.1, -0.05) is 13.8 Å². The molecule has 2 N–H and O–H groups in total. The van der Waals surface area contributed by atoms with Gasteiger partial charge in [-0.25, -0.2) is 0 Å². The Morgan fingerprint density at radius 1 is 1.40 bits per heavy atom. The van der Waals surface area contributed by atoms with Gasteiger partial charge in [0.1, 0.15) is 0 Å². The van der Waals surface area contributed by atoms with Crippen LogP contribution in [-0.4, -0.2) is 36.6 Å². The zero-order chi connectivity index (χ0) is 12.2. The number of likely N-dealkylation sites (N-methyl/N-ethyl adjacent to an activating group) is 1.